The standard InChI is InChI=1S/C22H37N5O2/c1-3-23-22(25-13-6-12-24-21(28)20-17(2)11-16-29-20)26-18-9-14-27(15-10-18)19-7-4-5-8-19/h11,16,18-19H,3-10,12-15H2,1-2H3,(H,24,28)(H2,23,25,26). The normalized spacial score (nSPS) is 19.4. The Balaban J connectivity index is 1.36. The van der Waals surface area contributed by atoms with E-state index in [0.29, 0.717) is 24.9 Å². The number of nitrogens with zero attached hydrogens (tertiary/aromatic N) is 2. The number of carbonyl (C=O) groups is 1. The molecule has 1 saturated carbocycles. The molecule has 7 heteroatoms. The largest absolute Gasteiger partial charge is 0.459 e. The number of aliphatic imine (C=N–C) groups is 1. The molecule has 0 unspecified atom stereocenters. The lowest BCUT2D eigenvalue weighted by Crippen LogP contribution is -2.50. The number of rotatable bonds is 8. The van der Waals surface area contributed by atoms with Crippen LogP contribution in [0, 0.1) is 6.92 Å². The number of amides is 1. The van der Waals surface area contributed by atoms with Gasteiger partial charge in [0.15, 0.2) is 11.7 Å². The number of hydrogen-bond acceptors (Lipinski definition) is 4. The summed E-state index contributed by atoms with van der Waals surface area (Å²) in [5.74, 6) is 1.13. The minimum atomic E-state index is -0.157. The van der Waals surface area contributed by atoms with Crippen molar-refractivity contribution in [2.75, 3.05) is 32.7 Å². The van der Waals surface area contributed by atoms with Gasteiger partial charge in [-0.15, -0.1) is 0 Å². The van der Waals surface area contributed by atoms with Gasteiger partial charge in [-0.3, -0.25) is 9.79 Å². The minimum Gasteiger partial charge on any atom is -0.459 e. The topological polar surface area (TPSA) is 81.9 Å². The predicted octanol–water partition coefficient (Wildman–Crippen LogP) is 2.67. The van der Waals surface area contributed by atoms with Crippen molar-refractivity contribution in [1.82, 2.24) is 20.9 Å². The van der Waals surface area contributed by atoms with E-state index >= 15 is 0 Å². The van der Waals surface area contributed by atoms with E-state index in [1.807, 2.05) is 6.92 Å². The van der Waals surface area contributed by atoms with Crippen molar-refractivity contribution in [3.05, 3.63) is 23.7 Å². The van der Waals surface area contributed by atoms with Gasteiger partial charge in [0.25, 0.3) is 5.91 Å². The fourth-order valence-corrected chi connectivity index (χ4v) is 4.35. The molecule has 1 aliphatic heterocycles. The molecule has 0 atom stereocenters. The van der Waals surface area contributed by atoms with E-state index in [1.165, 1.54) is 51.6 Å². The van der Waals surface area contributed by atoms with E-state index in [9.17, 15) is 4.79 Å². The van der Waals surface area contributed by atoms with Gasteiger partial charge in [0.2, 0.25) is 0 Å². The SMILES string of the molecule is CCNC(=NCCCNC(=O)c1occc1C)NC1CCN(C2CCCC2)CC1. The van der Waals surface area contributed by atoms with Crippen LogP contribution in [0.25, 0.3) is 0 Å². The summed E-state index contributed by atoms with van der Waals surface area (Å²) < 4.78 is 5.21. The van der Waals surface area contributed by atoms with Crippen LogP contribution >= 0.6 is 0 Å². The van der Waals surface area contributed by atoms with Crippen molar-refractivity contribution in [2.24, 2.45) is 4.99 Å². The Morgan fingerprint density at radius 3 is 2.62 bits per heavy atom. The van der Waals surface area contributed by atoms with E-state index in [2.05, 4.69) is 32.8 Å². The highest BCUT2D eigenvalue weighted by Gasteiger charge is 2.27. The molecule has 3 N–H and O–H groups in total. The van der Waals surface area contributed by atoms with Crippen molar-refractivity contribution >= 4 is 11.9 Å². The second-order valence-corrected chi connectivity index (χ2v) is 8.20. The van der Waals surface area contributed by atoms with Crippen molar-refractivity contribution in [3.63, 3.8) is 0 Å². The molecule has 0 spiro atoms. The lowest BCUT2D eigenvalue weighted by Gasteiger charge is -2.36. The predicted molar refractivity (Wildman–Crippen MR) is 116 cm³/mol. The van der Waals surface area contributed by atoms with Crippen LogP contribution in [0.2, 0.25) is 0 Å². The molecule has 2 aliphatic rings. The zero-order valence-electron chi connectivity index (χ0n) is 18.0. The summed E-state index contributed by atoms with van der Waals surface area (Å²) in [6.45, 7) is 8.46. The molecule has 162 valence electrons. The summed E-state index contributed by atoms with van der Waals surface area (Å²) in [4.78, 5) is 19.4. The van der Waals surface area contributed by atoms with Crippen molar-refractivity contribution in [1.29, 1.82) is 0 Å². The minimum absolute atomic E-state index is 0.157. The van der Waals surface area contributed by atoms with E-state index in [-0.39, 0.29) is 5.91 Å². The molecule has 3 rings (SSSR count). The molecule has 29 heavy (non-hydrogen) atoms. The maximum atomic E-state index is 12.0. The summed E-state index contributed by atoms with van der Waals surface area (Å²) in [6.07, 6.45) is 10.3. The van der Waals surface area contributed by atoms with E-state index in [0.717, 1.165) is 30.5 Å². The molecular formula is C22H37N5O2. The Morgan fingerprint density at radius 2 is 1.97 bits per heavy atom. The first-order valence-corrected chi connectivity index (χ1v) is 11.3. The van der Waals surface area contributed by atoms with Crippen LogP contribution in [-0.4, -0.2) is 61.6 Å². The van der Waals surface area contributed by atoms with E-state index < -0.39 is 0 Å². The molecule has 1 aromatic heterocycles. The van der Waals surface area contributed by atoms with Crippen LogP contribution in [0.5, 0.6) is 0 Å². The number of furan rings is 1. The van der Waals surface area contributed by atoms with Gasteiger partial charge in [-0.05, 0) is 52.0 Å². The number of carbonyl (C=O) groups excluding carboxylic acids is 1. The lowest BCUT2D eigenvalue weighted by atomic mass is 10.0. The maximum Gasteiger partial charge on any atom is 0.287 e. The van der Waals surface area contributed by atoms with Crippen LogP contribution < -0.4 is 16.0 Å². The van der Waals surface area contributed by atoms with Gasteiger partial charge in [0, 0.05) is 50.4 Å². The molecule has 0 bridgehead atoms. The first kappa shape index (κ1) is 21.7. The third kappa shape index (κ3) is 6.49. The molecule has 0 aromatic carbocycles. The highest BCUT2D eigenvalue weighted by molar-refractivity contribution is 5.92. The Kier molecular flexibility index (Phi) is 8.40. The van der Waals surface area contributed by atoms with Crippen LogP contribution in [-0.2, 0) is 0 Å². The Labute approximate surface area is 174 Å². The highest BCUT2D eigenvalue weighted by Crippen LogP contribution is 2.26. The number of hydrogen-bond donors (Lipinski definition) is 3. The average molecular weight is 404 g/mol. The number of guanidine groups is 1. The number of likely N-dealkylation sites (tertiary alicyclic amines) is 1. The van der Waals surface area contributed by atoms with Crippen LogP contribution in [0.4, 0.5) is 0 Å². The van der Waals surface area contributed by atoms with Crippen LogP contribution in [0.1, 0.15) is 68.0 Å². The van der Waals surface area contributed by atoms with E-state index in [4.69, 9.17) is 4.42 Å². The van der Waals surface area contributed by atoms with Gasteiger partial charge in [0.05, 0.1) is 6.26 Å². The quantitative estimate of drug-likeness (QED) is 0.353. The zero-order chi connectivity index (χ0) is 20.5. The molecule has 1 aliphatic carbocycles. The number of aryl methyl sites for hydroxylation is 1. The smallest absolute Gasteiger partial charge is 0.287 e. The summed E-state index contributed by atoms with van der Waals surface area (Å²) in [6, 6.07) is 3.12. The lowest BCUT2D eigenvalue weighted by molar-refractivity contribution is 0.0925. The van der Waals surface area contributed by atoms with Gasteiger partial charge in [-0.25, -0.2) is 0 Å². The zero-order valence-corrected chi connectivity index (χ0v) is 18.0. The van der Waals surface area contributed by atoms with Crippen LogP contribution in [0.3, 0.4) is 0 Å². The molecular weight excluding hydrogens is 366 g/mol. The number of nitrogens with one attached hydrogen (secondary N) is 3. The Morgan fingerprint density at radius 1 is 1.21 bits per heavy atom. The fourth-order valence-electron chi connectivity index (χ4n) is 4.35. The Bertz CT molecular complexity index is 658. The summed E-state index contributed by atoms with van der Waals surface area (Å²) in [5.41, 5.74) is 0.859. The van der Waals surface area contributed by atoms with Crippen molar-refractivity contribution < 1.29 is 9.21 Å². The second kappa shape index (κ2) is 11.2. The second-order valence-electron chi connectivity index (χ2n) is 8.20. The van der Waals surface area contributed by atoms with Gasteiger partial charge in [0.1, 0.15) is 0 Å². The van der Waals surface area contributed by atoms with Gasteiger partial charge in [-0.2, -0.15) is 0 Å². The first-order chi connectivity index (χ1) is 14.2. The average Bonchev–Trinajstić information content (AvgIpc) is 3.40. The Hall–Kier alpha value is -2.02. The monoisotopic (exact) mass is 403 g/mol. The molecule has 1 saturated heterocycles. The molecule has 1 aromatic rings. The number of piperidine rings is 1. The van der Waals surface area contributed by atoms with E-state index in [1.54, 1.807) is 12.3 Å². The molecule has 2 fully saturated rings. The highest BCUT2D eigenvalue weighted by atomic mass is 16.3. The first-order valence-electron chi connectivity index (χ1n) is 11.3. The molecule has 1 amide bonds. The molecule has 0 radical (unpaired) electrons. The summed E-state index contributed by atoms with van der Waals surface area (Å²) in [7, 11) is 0. The molecule has 7 nitrogen and oxygen atoms in total. The van der Waals surface area contributed by atoms with Crippen LogP contribution in [0.15, 0.2) is 21.7 Å². The van der Waals surface area contributed by atoms with Crippen molar-refractivity contribution in [3.8, 4) is 0 Å². The fraction of sp³-hybridized carbons (Fsp3) is 0.727. The van der Waals surface area contributed by atoms with Gasteiger partial charge in [-0.1, -0.05) is 12.8 Å². The van der Waals surface area contributed by atoms with Gasteiger partial charge >= 0.3 is 0 Å². The summed E-state index contributed by atoms with van der Waals surface area (Å²) in [5, 5.41) is 9.85. The summed E-state index contributed by atoms with van der Waals surface area (Å²) >= 11 is 0. The maximum absolute atomic E-state index is 12.0. The van der Waals surface area contributed by atoms with Crippen molar-refractivity contribution in [2.45, 2.75) is 70.9 Å². The van der Waals surface area contributed by atoms with Gasteiger partial charge < -0.3 is 25.3 Å². The third-order valence-corrected chi connectivity index (χ3v) is 6.01. The molecule has 2 heterocycles. The third-order valence-electron chi connectivity index (χ3n) is 6.01.